The quantitative estimate of drug-likeness (QED) is 0.811. The van der Waals surface area contributed by atoms with E-state index in [1.54, 1.807) is 29.2 Å². The van der Waals surface area contributed by atoms with Crippen molar-refractivity contribution in [3.8, 4) is 0 Å². The van der Waals surface area contributed by atoms with E-state index in [9.17, 15) is 13.2 Å². The first-order chi connectivity index (χ1) is 10.8. The van der Waals surface area contributed by atoms with Crippen LogP contribution < -0.4 is 0 Å². The molecule has 0 aliphatic carbocycles. The topological polar surface area (TPSA) is 57.7 Å². The number of hydrogen-bond acceptors (Lipinski definition) is 3. The zero-order chi connectivity index (χ0) is 17.0. The summed E-state index contributed by atoms with van der Waals surface area (Å²) >= 11 is 5.82. The molecule has 1 aliphatic heterocycles. The van der Waals surface area contributed by atoms with Crippen molar-refractivity contribution in [3.63, 3.8) is 0 Å². The molecule has 7 heteroatoms. The second kappa shape index (κ2) is 7.64. The molecule has 5 nitrogen and oxygen atoms in total. The lowest BCUT2D eigenvalue weighted by Gasteiger charge is -2.34. The Morgan fingerprint density at radius 3 is 2.22 bits per heavy atom. The number of amides is 1. The molecule has 0 unspecified atom stereocenters. The largest absolute Gasteiger partial charge is 0.340 e. The summed E-state index contributed by atoms with van der Waals surface area (Å²) in [6.45, 7) is 5.66. The van der Waals surface area contributed by atoms with Crippen molar-refractivity contribution in [1.29, 1.82) is 0 Å². The maximum Gasteiger partial charge on any atom is 0.222 e. The Hall–Kier alpha value is -1.11. The van der Waals surface area contributed by atoms with Crippen LogP contribution in [0.15, 0.2) is 24.3 Å². The van der Waals surface area contributed by atoms with Crippen LogP contribution in [0.4, 0.5) is 0 Å². The zero-order valence-corrected chi connectivity index (χ0v) is 15.1. The van der Waals surface area contributed by atoms with Crippen LogP contribution in [0.2, 0.25) is 5.02 Å². The monoisotopic (exact) mass is 358 g/mol. The molecule has 0 spiro atoms. The van der Waals surface area contributed by atoms with Gasteiger partial charge in [0.2, 0.25) is 15.9 Å². The number of nitrogens with zero attached hydrogens (tertiary/aromatic N) is 2. The fourth-order valence-electron chi connectivity index (χ4n) is 2.58. The number of piperazine rings is 1. The molecule has 0 radical (unpaired) electrons. The van der Waals surface area contributed by atoms with E-state index in [0.717, 1.165) is 0 Å². The Kier molecular flexibility index (Phi) is 6.06. The van der Waals surface area contributed by atoms with E-state index in [1.807, 2.05) is 13.8 Å². The van der Waals surface area contributed by atoms with Crippen LogP contribution in [-0.2, 0) is 20.6 Å². The van der Waals surface area contributed by atoms with Gasteiger partial charge < -0.3 is 4.90 Å². The van der Waals surface area contributed by atoms with E-state index < -0.39 is 10.0 Å². The van der Waals surface area contributed by atoms with Gasteiger partial charge in [0.05, 0.1) is 5.75 Å². The van der Waals surface area contributed by atoms with Gasteiger partial charge in [0, 0.05) is 37.6 Å². The molecule has 0 bridgehead atoms. The maximum absolute atomic E-state index is 12.5. The van der Waals surface area contributed by atoms with Crippen molar-refractivity contribution in [3.05, 3.63) is 34.9 Å². The van der Waals surface area contributed by atoms with Gasteiger partial charge in [-0.05, 0) is 23.6 Å². The van der Waals surface area contributed by atoms with E-state index in [2.05, 4.69) is 0 Å². The first kappa shape index (κ1) is 18.2. The first-order valence-electron chi connectivity index (χ1n) is 7.78. The molecule has 1 heterocycles. The third kappa shape index (κ3) is 5.19. The molecule has 0 saturated carbocycles. The number of rotatable bonds is 5. The Bertz CT molecular complexity index is 636. The van der Waals surface area contributed by atoms with Crippen LogP contribution in [-0.4, -0.2) is 49.7 Å². The second-order valence-corrected chi connectivity index (χ2v) is 8.67. The SMILES string of the molecule is CC(C)CC(=O)N1CCN(S(=O)(=O)Cc2ccc(Cl)cc2)CC1. The number of benzene rings is 1. The first-order valence-corrected chi connectivity index (χ1v) is 9.76. The highest BCUT2D eigenvalue weighted by Crippen LogP contribution is 2.17. The second-order valence-electron chi connectivity index (χ2n) is 6.26. The van der Waals surface area contributed by atoms with Crippen LogP contribution in [0.3, 0.4) is 0 Å². The standard InChI is InChI=1S/C16H23ClN2O3S/c1-13(2)11-16(20)18-7-9-19(10-8-18)23(21,22)12-14-3-5-15(17)6-4-14/h3-6,13H,7-12H2,1-2H3. The molecule has 0 atom stereocenters. The van der Waals surface area contributed by atoms with E-state index in [-0.39, 0.29) is 11.7 Å². The molecule has 1 aromatic carbocycles. The number of halogens is 1. The predicted octanol–water partition coefficient (Wildman–Crippen LogP) is 2.36. The fourth-order valence-corrected chi connectivity index (χ4v) is 4.22. The summed E-state index contributed by atoms with van der Waals surface area (Å²) in [6.07, 6.45) is 0.511. The van der Waals surface area contributed by atoms with Crippen molar-refractivity contribution in [2.75, 3.05) is 26.2 Å². The van der Waals surface area contributed by atoms with Crippen molar-refractivity contribution in [2.45, 2.75) is 26.0 Å². The lowest BCUT2D eigenvalue weighted by molar-refractivity contribution is -0.133. The van der Waals surface area contributed by atoms with Crippen molar-refractivity contribution < 1.29 is 13.2 Å². The molecular formula is C16H23ClN2O3S. The molecule has 23 heavy (non-hydrogen) atoms. The van der Waals surface area contributed by atoms with Gasteiger partial charge in [0.15, 0.2) is 0 Å². The number of sulfonamides is 1. The molecular weight excluding hydrogens is 336 g/mol. The maximum atomic E-state index is 12.5. The van der Waals surface area contributed by atoms with Crippen molar-refractivity contribution >= 4 is 27.5 Å². The summed E-state index contributed by atoms with van der Waals surface area (Å²) in [6, 6.07) is 6.83. The van der Waals surface area contributed by atoms with Gasteiger partial charge in [-0.1, -0.05) is 37.6 Å². The van der Waals surface area contributed by atoms with Gasteiger partial charge in [0.1, 0.15) is 0 Å². The minimum absolute atomic E-state index is 0.0376. The van der Waals surface area contributed by atoms with Crippen molar-refractivity contribution in [2.24, 2.45) is 5.92 Å². The average molecular weight is 359 g/mol. The summed E-state index contributed by atoms with van der Waals surface area (Å²) in [4.78, 5) is 13.8. The highest BCUT2D eigenvalue weighted by Gasteiger charge is 2.28. The molecule has 1 aromatic rings. The Morgan fingerprint density at radius 2 is 1.70 bits per heavy atom. The minimum Gasteiger partial charge on any atom is -0.340 e. The van der Waals surface area contributed by atoms with Gasteiger partial charge in [0.25, 0.3) is 0 Å². The highest BCUT2D eigenvalue weighted by atomic mass is 35.5. The minimum atomic E-state index is -3.37. The fraction of sp³-hybridized carbons (Fsp3) is 0.562. The normalized spacial score (nSPS) is 16.8. The number of carbonyl (C=O) groups excluding carboxylic acids is 1. The highest BCUT2D eigenvalue weighted by molar-refractivity contribution is 7.88. The molecule has 0 aromatic heterocycles. The Labute approximate surface area is 143 Å². The summed E-state index contributed by atoms with van der Waals surface area (Å²) in [7, 11) is -3.37. The smallest absolute Gasteiger partial charge is 0.222 e. The molecule has 128 valence electrons. The van der Waals surface area contributed by atoms with Crippen LogP contribution in [0.5, 0.6) is 0 Å². The molecule has 0 N–H and O–H groups in total. The zero-order valence-electron chi connectivity index (χ0n) is 13.5. The van der Waals surface area contributed by atoms with Crippen LogP contribution in [0.1, 0.15) is 25.8 Å². The number of hydrogen-bond donors (Lipinski definition) is 0. The average Bonchev–Trinajstić information content (AvgIpc) is 2.49. The van der Waals surface area contributed by atoms with E-state index in [0.29, 0.717) is 49.1 Å². The summed E-state index contributed by atoms with van der Waals surface area (Å²) in [5.41, 5.74) is 0.715. The molecule has 1 saturated heterocycles. The van der Waals surface area contributed by atoms with Gasteiger partial charge >= 0.3 is 0 Å². The van der Waals surface area contributed by atoms with Gasteiger partial charge in [-0.25, -0.2) is 8.42 Å². The summed E-state index contributed by atoms with van der Waals surface area (Å²) < 4.78 is 26.4. The van der Waals surface area contributed by atoms with Crippen LogP contribution in [0.25, 0.3) is 0 Å². The molecule has 1 aliphatic rings. The Morgan fingerprint density at radius 1 is 1.13 bits per heavy atom. The lowest BCUT2D eigenvalue weighted by Crippen LogP contribution is -2.50. The van der Waals surface area contributed by atoms with E-state index >= 15 is 0 Å². The van der Waals surface area contributed by atoms with Crippen LogP contribution in [0, 0.1) is 5.92 Å². The van der Waals surface area contributed by atoms with Crippen molar-refractivity contribution in [1.82, 2.24) is 9.21 Å². The third-order valence-electron chi connectivity index (χ3n) is 3.83. The van der Waals surface area contributed by atoms with E-state index in [1.165, 1.54) is 4.31 Å². The van der Waals surface area contributed by atoms with Gasteiger partial charge in [-0.15, -0.1) is 0 Å². The van der Waals surface area contributed by atoms with Gasteiger partial charge in [-0.2, -0.15) is 4.31 Å². The third-order valence-corrected chi connectivity index (χ3v) is 5.93. The molecule has 1 amide bonds. The van der Waals surface area contributed by atoms with Gasteiger partial charge in [-0.3, -0.25) is 4.79 Å². The lowest BCUT2D eigenvalue weighted by atomic mass is 10.1. The summed E-state index contributed by atoms with van der Waals surface area (Å²) in [5, 5.41) is 0.587. The van der Waals surface area contributed by atoms with Crippen LogP contribution >= 0.6 is 11.6 Å². The predicted molar refractivity (Wildman–Crippen MR) is 91.7 cm³/mol. The molecule has 1 fully saturated rings. The Balaban J connectivity index is 1.93. The number of carbonyl (C=O) groups is 1. The van der Waals surface area contributed by atoms with E-state index in [4.69, 9.17) is 11.6 Å². The molecule has 2 rings (SSSR count). The summed E-state index contributed by atoms with van der Waals surface area (Å²) in [5.74, 6) is 0.383.